The summed E-state index contributed by atoms with van der Waals surface area (Å²) in [6.07, 6.45) is 0.420. The van der Waals surface area contributed by atoms with Crippen LogP contribution in [0.15, 0.2) is 24.3 Å². The molecule has 1 unspecified atom stereocenters. The SMILES string of the molecule is CCC1(C)C(=O)ON(Cc2ccccc2Cl)C1=O. The van der Waals surface area contributed by atoms with E-state index in [1.54, 1.807) is 32.0 Å². The van der Waals surface area contributed by atoms with Gasteiger partial charge in [-0.1, -0.05) is 36.7 Å². The minimum atomic E-state index is -1.07. The van der Waals surface area contributed by atoms with Gasteiger partial charge < -0.3 is 4.84 Å². The predicted octanol–water partition coefficient (Wildman–Crippen LogP) is 2.56. The van der Waals surface area contributed by atoms with E-state index in [-0.39, 0.29) is 12.5 Å². The Bertz CT molecular complexity index is 503. The first-order valence-corrected chi connectivity index (χ1v) is 6.14. The van der Waals surface area contributed by atoms with Gasteiger partial charge in [0.25, 0.3) is 5.91 Å². The molecule has 1 aliphatic heterocycles. The van der Waals surface area contributed by atoms with Crippen LogP contribution in [0, 0.1) is 5.41 Å². The zero-order chi connectivity index (χ0) is 13.3. The van der Waals surface area contributed by atoms with Crippen LogP contribution in [0.3, 0.4) is 0 Å². The van der Waals surface area contributed by atoms with Crippen LogP contribution in [-0.4, -0.2) is 16.9 Å². The molecule has 18 heavy (non-hydrogen) atoms. The molecule has 0 aromatic heterocycles. The normalized spacial score (nSPS) is 23.4. The Morgan fingerprint density at radius 2 is 2.00 bits per heavy atom. The third-order valence-corrected chi connectivity index (χ3v) is 3.69. The van der Waals surface area contributed by atoms with E-state index in [1.807, 2.05) is 6.07 Å². The van der Waals surface area contributed by atoms with Crippen LogP contribution in [-0.2, 0) is 21.0 Å². The van der Waals surface area contributed by atoms with Crippen LogP contribution in [0.5, 0.6) is 0 Å². The number of hydrogen-bond acceptors (Lipinski definition) is 3. The zero-order valence-electron chi connectivity index (χ0n) is 10.3. The largest absolute Gasteiger partial charge is 0.347 e. The molecular weight excluding hydrogens is 254 g/mol. The van der Waals surface area contributed by atoms with E-state index in [9.17, 15) is 9.59 Å². The lowest BCUT2D eigenvalue weighted by molar-refractivity contribution is -0.180. The summed E-state index contributed by atoms with van der Waals surface area (Å²) in [6, 6.07) is 7.16. The van der Waals surface area contributed by atoms with Gasteiger partial charge in [0, 0.05) is 5.02 Å². The fraction of sp³-hybridized carbons (Fsp3) is 0.385. The van der Waals surface area contributed by atoms with Gasteiger partial charge in [-0.15, -0.1) is 0 Å². The molecule has 0 radical (unpaired) electrons. The molecule has 1 amide bonds. The van der Waals surface area contributed by atoms with Gasteiger partial charge in [-0.3, -0.25) is 4.79 Å². The Kier molecular flexibility index (Phi) is 3.30. The number of carbonyl (C=O) groups excluding carboxylic acids is 2. The smallest absolute Gasteiger partial charge is 0.337 e. The first kappa shape index (κ1) is 12.9. The van der Waals surface area contributed by atoms with Crippen molar-refractivity contribution in [3.63, 3.8) is 0 Å². The molecule has 1 heterocycles. The average molecular weight is 268 g/mol. The molecule has 1 fully saturated rings. The summed E-state index contributed by atoms with van der Waals surface area (Å²) in [5.41, 5.74) is -0.318. The molecule has 2 rings (SSSR count). The van der Waals surface area contributed by atoms with E-state index in [2.05, 4.69) is 0 Å². The lowest BCUT2D eigenvalue weighted by atomic mass is 9.87. The Labute approximate surface area is 110 Å². The molecule has 1 saturated heterocycles. The molecule has 1 aromatic carbocycles. The summed E-state index contributed by atoms with van der Waals surface area (Å²) in [5.74, 6) is -0.808. The van der Waals surface area contributed by atoms with Crippen molar-refractivity contribution in [3.8, 4) is 0 Å². The van der Waals surface area contributed by atoms with Crippen molar-refractivity contribution in [1.29, 1.82) is 0 Å². The highest BCUT2D eigenvalue weighted by molar-refractivity contribution is 6.31. The molecule has 0 bridgehead atoms. The molecule has 1 aliphatic rings. The van der Waals surface area contributed by atoms with Crippen LogP contribution in [0.2, 0.25) is 5.02 Å². The molecule has 4 nitrogen and oxygen atoms in total. The van der Waals surface area contributed by atoms with E-state index in [1.165, 1.54) is 0 Å². The minimum absolute atomic E-state index is 0.180. The fourth-order valence-corrected chi connectivity index (χ4v) is 1.98. The first-order chi connectivity index (χ1) is 8.49. The second-order valence-corrected chi connectivity index (χ2v) is 4.90. The zero-order valence-corrected chi connectivity index (χ0v) is 11.0. The quantitative estimate of drug-likeness (QED) is 0.791. The number of benzene rings is 1. The molecule has 0 aliphatic carbocycles. The van der Waals surface area contributed by atoms with Gasteiger partial charge in [-0.2, -0.15) is 5.06 Å². The number of hydrogen-bond donors (Lipinski definition) is 0. The Balaban J connectivity index is 2.21. The number of amides is 1. The van der Waals surface area contributed by atoms with Gasteiger partial charge in [0.15, 0.2) is 0 Å². The highest BCUT2D eigenvalue weighted by Gasteiger charge is 2.51. The molecule has 0 saturated carbocycles. The number of carbonyl (C=O) groups is 2. The molecule has 0 N–H and O–H groups in total. The standard InChI is InChI=1S/C13H14ClNO3/c1-3-13(2)11(16)15(18-12(13)17)8-9-6-4-5-7-10(9)14/h4-7H,3,8H2,1-2H3. The van der Waals surface area contributed by atoms with E-state index in [4.69, 9.17) is 16.4 Å². The maximum Gasteiger partial charge on any atom is 0.347 e. The predicted molar refractivity (Wildman–Crippen MR) is 66.5 cm³/mol. The van der Waals surface area contributed by atoms with Crippen LogP contribution in [0.1, 0.15) is 25.8 Å². The van der Waals surface area contributed by atoms with Crippen LogP contribution in [0.25, 0.3) is 0 Å². The van der Waals surface area contributed by atoms with Gasteiger partial charge in [0.2, 0.25) is 0 Å². The van der Waals surface area contributed by atoms with Gasteiger partial charge in [0.05, 0.1) is 6.54 Å². The summed E-state index contributed by atoms with van der Waals surface area (Å²) in [6.45, 7) is 3.57. The summed E-state index contributed by atoms with van der Waals surface area (Å²) in [5, 5.41) is 1.64. The monoisotopic (exact) mass is 267 g/mol. The Morgan fingerprint density at radius 1 is 1.33 bits per heavy atom. The molecule has 1 aromatic rings. The third-order valence-electron chi connectivity index (χ3n) is 3.32. The summed E-state index contributed by atoms with van der Waals surface area (Å²) < 4.78 is 0. The maximum atomic E-state index is 12.1. The number of nitrogens with zero attached hydrogens (tertiary/aromatic N) is 1. The van der Waals surface area contributed by atoms with Crippen LogP contribution >= 0.6 is 11.6 Å². The van der Waals surface area contributed by atoms with Crippen molar-refractivity contribution in [2.45, 2.75) is 26.8 Å². The number of halogens is 1. The van der Waals surface area contributed by atoms with E-state index in [0.717, 1.165) is 10.6 Å². The van der Waals surface area contributed by atoms with Gasteiger partial charge in [-0.05, 0) is 25.0 Å². The molecule has 0 spiro atoms. The average Bonchev–Trinajstić information content (AvgIpc) is 2.57. The van der Waals surface area contributed by atoms with E-state index >= 15 is 0 Å². The second kappa shape index (κ2) is 4.61. The number of hydroxylamine groups is 2. The van der Waals surface area contributed by atoms with Gasteiger partial charge in [0.1, 0.15) is 5.41 Å². The highest BCUT2D eigenvalue weighted by atomic mass is 35.5. The molecule has 5 heteroatoms. The van der Waals surface area contributed by atoms with E-state index in [0.29, 0.717) is 11.4 Å². The van der Waals surface area contributed by atoms with Crippen LogP contribution in [0.4, 0.5) is 0 Å². The van der Waals surface area contributed by atoms with Crippen molar-refractivity contribution in [2.75, 3.05) is 0 Å². The topological polar surface area (TPSA) is 46.6 Å². The molecule has 96 valence electrons. The second-order valence-electron chi connectivity index (χ2n) is 4.50. The van der Waals surface area contributed by atoms with Crippen LogP contribution < -0.4 is 0 Å². The van der Waals surface area contributed by atoms with Crippen molar-refractivity contribution < 1.29 is 14.4 Å². The first-order valence-electron chi connectivity index (χ1n) is 5.77. The van der Waals surface area contributed by atoms with Crippen molar-refractivity contribution >= 4 is 23.5 Å². The van der Waals surface area contributed by atoms with Crippen molar-refractivity contribution in [2.24, 2.45) is 5.41 Å². The third kappa shape index (κ3) is 1.97. The van der Waals surface area contributed by atoms with Crippen molar-refractivity contribution in [3.05, 3.63) is 34.9 Å². The summed E-state index contributed by atoms with van der Waals surface area (Å²) >= 11 is 6.01. The van der Waals surface area contributed by atoms with Gasteiger partial charge >= 0.3 is 5.97 Å². The lowest BCUT2D eigenvalue weighted by Crippen LogP contribution is -2.33. The van der Waals surface area contributed by atoms with Gasteiger partial charge in [-0.25, -0.2) is 4.79 Å². The fourth-order valence-electron chi connectivity index (χ4n) is 1.79. The Morgan fingerprint density at radius 3 is 2.56 bits per heavy atom. The van der Waals surface area contributed by atoms with E-state index < -0.39 is 11.4 Å². The minimum Gasteiger partial charge on any atom is -0.337 e. The Hall–Kier alpha value is -1.55. The van der Waals surface area contributed by atoms with Crippen molar-refractivity contribution in [1.82, 2.24) is 5.06 Å². The summed E-state index contributed by atoms with van der Waals surface area (Å²) in [4.78, 5) is 28.9. The number of rotatable bonds is 3. The maximum absolute atomic E-state index is 12.1. The molecule has 1 atom stereocenters. The molecular formula is C13H14ClNO3. The highest BCUT2D eigenvalue weighted by Crippen LogP contribution is 2.34. The lowest BCUT2D eigenvalue weighted by Gasteiger charge is -2.16. The summed E-state index contributed by atoms with van der Waals surface area (Å²) in [7, 11) is 0.